The van der Waals surface area contributed by atoms with Crippen molar-refractivity contribution >= 4 is 5.91 Å². The second kappa shape index (κ2) is 7.21. The van der Waals surface area contributed by atoms with Gasteiger partial charge in [-0.2, -0.15) is 0 Å². The minimum absolute atomic E-state index is 0.0233. The molecule has 0 unspecified atom stereocenters. The second-order valence-electron chi connectivity index (χ2n) is 5.29. The van der Waals surface area contributed by atoms with E-state index in [1.54, 1.807) is 18.2 Å². The molecule has 0 bridgehead atoms. The molecular formula is C14H23N3O2. The monoisotopic (exact) mass is 265 g/mol. The van der Waals surface area contributed by atoms with E-state index in [9.17, 15) is 4.79 Å². The van der Waals surface area contributed by atoms with Crippen LogP contribution in [-0.2, 0) is 16.1 Å². The van der Waals surface area contributed by atoms with Gasteiger partial charge >= 0.3 is 0 Å². The fraction of sp³-hybridized carbons (Fsp3) is 0.571. The van der Waals surface area contributed by atoms with E-state index in [4.69, 9.17) is 10.5 Å². The summed E-state index contributed by atoms with van der Waals surface area (Å²) in [6.45, 7) is 5.23. The van der Waals surface area contributed by atoms with E-state index in [2.05, 4.69) is 4.98 Å². The average molecular weight is 265 g/mol. The molecule has 0 fully saturated rings. The van der Waals surface area contributed by atoms with Crippen molar-refractivity contribution in [2.75, 3.05) is 20.3 Å². The smallest absolute Gasteiger partial charge is 0.224 e. The highest BCUT2D eigenvalue weighted by molar-refractivity contribution is 5.77. The van der Waals surface area contributed by atoms with Gasteiger partial charge in [-0.25, -0.2) is 0 Å². The van der Waals surface area contributed by atoms with E-state index in [0.29, 0.717) is 26.1 Å². The van der Waals surface area contributed by atoms with Gasteiger partial charge in [0.15, 0.2) is 0 Å². The van der Waals surface area contributed by atoms with Crippen molar-refractivity contribution < 1.29 is 9.53 Å². The van der Waals surface area contributed by atoms with Gasteiger partial charge in [0, 0.05) is 31.8 Å². The Hall–Kier alpha value is -1.46. The Kier molecular flexibility index (Phi) is 5.92. The molecule has 0 spiro atoms. The molecule has 5 nitrogen and oxygen atoms in total. The lowest BCUT2D eigenvalue weighted by Gasteiger charge is -2.26. The number of hydrogen-bond acceptors (Lipinski definition) is 4. The molecule has 106 valence electrons. The number of aromatic nitrogens is 1. The van der Waals surface area contributed by atoms with E-state index >= 15 is 0 Å². The fourth-order valence-electron chi connectivity index (χ4n) is 1.68. The van der Waals surface area contributed by atoms with Gasteiger partial charge in [0.2, 0.25) is 5.91 Å². The van der Waals surface area contributed by atoms with Gasteiger partial charge in [-0.1, -0.05) is 6.07 Å². The van der Waals surface area contributed by atoms with Crippen LogP contribution in [-0.4, -0.2) is 41.6 Å². The first-order valence-corrected chi connectivity index (χ1v) is 6.38. The Balaban J connectivity index is 2.68. The molecule has 1 amide bonds. The number of rotatable bonds is 7. The van der Waals surface area contributed by atoms with Gasteiger partial charge in [-0.15, -0.1) is 0 Å². The highest BCUT2D eigenvalue weighted by Crippen LogP contribution is 2.10. The number of nitrogens with two attached hydrogens (primary N) is 1. The number of hydrogen-bond donors (Lipinski definition) is 1. The Labute approximate surface area is 114 Å². The second-order valence-corrected chi connectivity index (χ2v) is 5.29. The van der Waals surface area contributed by atoms with Crippen LogP contribution in [0.15, 0.2) is 24.4 Å². The summed E-state index contributed by atoms with van der Waals surface area (Å²) in [5.41, 5.74) is 6.26. The molecule has 2 N–H and O–H groups in total. The van der Waals surface area contributed by atoms with Crippen LogP contribution in [0.25, 0.3) is 0 Å². The van der Waals surface area contributed by atoms with E-state index < -0.39 is 5.54 Å². The molecule has 1 heterocycles. The van der Waals surface area contributed by atoms with Crippen molar-refractivity contribution in [3.63, 3.8) is 0 Å². The molecule has 0 atom stereocenters. The van der Waals surface area contributed by atoms with Gasteiger partial charge in [-0.05, 0) is 26.0 Å². The molecule has 0 saturated heterocycles. The number of ether oxygens (including phenoxy) is 1. The van der Waals surface area contributed by atoms with Crippen LogP contribution < -0.4 is 5.73 Å². The van der Waals surface area contributed by atoms with Gasteiger partial charge in [-0.3, -0.25) is 9.78 Å². The first-order chi connectivity index (χ1) is 8.92. The molecule has 0 radical (unpaired) electrons. The summed E-state index contributed by atoms with van der Waals surface area (Å²) in [6.07, 6.45) is 2.03. The summed E-state index contributed by atoms with van der Waals surface area (Å²) in [5.74, 6) is 0.0233. The molecule has 0 aliphatic rings. The normalized spacial score (nSPS) is 11.4. The summed E-state index contributed by atoms with van der Waals surface area (Å²) >= 11 is 0. The Morgan fingerprint density at radius 2 is 2.21 bits per heavy atom. The molecule has 0 aromatic carbocycles. The maximum absolute atomic E-state index is 12.2. The first kappa shape index (κ1) is 15.6. The van der Waals surface area contributed by atoms with Gasteiger partial charge < -0.3 is 15.4 Å². The maximum atomic E-state index is 12.2. The molecule has 5 heteroatoms. The SMILES string of the molecule is COCCN(Cc1ccccn1)C(=O)CC(C)(C)N. The van der Waals surface area contributed by atoms with E-state index in [-0.39, 0.29) is 5.91 Å². The Bertz CT molecular complexity index is 387. The van der Waals surface area contributed by atoms with Crippen molar-refractivity contribution in [3.05, 3.63) is 30.1 Å². The summed E-state index contributed by atoms with van der Waals surface area (Å²) < 4.78 is 5.04. The zero-order valence-corrected chi connectivity index (χ0v) is 11.9. The quantitative estimate of drug-likeness (QED) is 0.804. The van der Waals surface area contributed by atoms with Crippen LogP contribution in [0.5, 0.6) is 0 Å². The third kappa shape index (κ3) is 6.31. The van der Waals surface area contributed by atoms with E-state index in [1.165, 1.54) is 0 Å². The topological polar surface area (TPSA) is 68.5 Å². The maximum Gasteiger partial charge on any atom is 0.224 e. The third-order valence-corrected chi connectivity index (χ3v) is 2.60. The predicted molar refractivity (Wildman–Crippen MR) is 74.4 cm³/mol. The number of methoxy groups -OCH3 is 1. The first-order valence-electron chi connectivity index (χ1n) is 6.38. The van der Waals surface area contributed by atoms with E-state index in [1.807, 2.05) is 32.0 Å². The van der Waals surface area contributed by atoms with Crippen molar-refractivity contribution in [2.45, 2.75) is 32.4 Å². The molecule has 19 heavy (non-hydrogen) atoms. The van der Waals surface area contributed by atoms with Crippen LogP contribution in [0.1, 0.15) is 26.0 Å². The summed E-state index contributed by atoms with van der Waals surface area (Å²) in [6, 6.07) is 5.67. The van der Waals surface area contributed by atoms with Crippen LogP contribution in [0.2, 0.25) is 0 Å². The highest BCUT2D eigenvalue weighted by Gasteiger charge is 2.21. The molecule has 1 aromatic heterocycles. The lowest BCUT2D eigenvalue weighted by atomic mass is 10.0. The summed E-state index contributed by atoms with van der Waals surface area (Å²) in [7, 11) is 1.62. The predicted octanol–water partition coefficient (Wildman–Crippen LogP) is 1.18. The third-order valence-electron chi connectivity index (χ3n) is 2.60. The molecular weight excluding hydrogens is 242 g/mol. The molecule has 0 aliphatic heterocycles. The van der Waals surface area contributed by atoms with E-state index in [0.717, 1.165) is 5.69 Å². The lowest BCUT2D eigenvalue weighted by Crippen LogP contribution is -2.42. The zero-order valence-electron chi connectivity index (χ0n) is 11.9. The van der Waals surface area contributed by atoms with Gasteiger partial charge in [0.25, 0.3) is 0 Å². The van der Waals surface area contributed by atoms with Gasteiger partial charge in [0.05, 0.1) is 18.8 Å². The highest BCUT2D eigenvalue weighted by atomic mass is 16.5. The standard InChI is InChI=1S/C14H23N3O2/c1-14(2,15)10-13(18)17(8-9-19-3)11-12-6-4-5-7-16-12/h4-7H,8-11,15H2,1-3H3. The van der Waals surface area contributed by atoms with Crippen molar-refractivity contribution in [2.24, 2.45) is 5.73 Å². The van der Waals surface area contributed by atoms with Crippen molar-refractivity contribution in [1.82, 2.24) is 9.88 Å². The average Bonchev–Trinajstić information content (AvgIpc) is 2.33. The minimum atomic E-state index is -0.507. The molecule has 0 saturated carbocycles. The number of pyridine rings is 1. The minimum Gasteiger partial charge on any atom is -0.383 e. The lowest BCUT2D eigenvalue weighted by molar-refractivity contribution is -0.133. The fourth-order valence-corrected chi connectivity index (χ4v) is 1.68. The van der Waals surface area contributed by atoms with Crippen LogP contribution in [0.4, 0.5) is 0 Å². The summed E-state index contributed by atoms with van der Waals surface area (Å²) in [4.78, 5) is 18.2. The summed E-state index contributed by atoms with van der Waals surface area (Å²) in [5, 5.41) is 0. The number of nitrogens with zero attached hydrogens (tertiary/aromatic N) is 2. The Morgan fingerprint density at radius 3 is 2.74 bits per heavy atom. The van der Waals surface area contributed by atoms with Crippen molar-refractivity contribution in [3.8, 4) is 0 Å². The number of carbonyl (C=O) groups is 1. The van der Waals surface area contributed by atoms with Crippen LogP contribution >= 0.6 is 0 Å². The number of amides is 1. The molecule has 1 aromatic rings. The largest absolute Gasteiger partial charge is 0.383 e. The zero-order chi connectivity index (χ0) is 14.3. The van der Waals surface area contributed by atoms with Crippen molar-refractivity contribution in [1.29, 1.82) is 0 Å². The van der Waals surface area contributed by atoms with Gasteiger partial charge in [0.1, 0.15) is 0 Å². The van der Waals surface area contributed by atoms with Crippen LogP contribution in [0.3, 0.4) is 0 Å². The Morgan fingerprint density at radius 1 is 1.47 bits per heavy atom. The molecule has 1 rings (SSSR count). The number of carbonyl (C=O) groups excluding carboxylic acids is 1. The molecule has 0 aliphatic carbocycles. The van der Waals surface area contributed by atoms with Crippen LogP contribution in [0, 0.1) is 0 Å².